The van der Waals surface area contributed by atoms with Crippen molar-refractivity contribution < 1.29 is 9.18 Å². The fourth-order valence-corrected chi connectivity index (χ4v) is 4.10. The molecule has 29 heavy (non-hydrogen) atoms. The Bertz CT molecular complexity index is 1020. The molecule has 1 aromatic heterocycles. The van der Waals surface area contributed by atoms with Crippen molar-refractivity contribution in [1.82, 2.24) is 15.1 Å². The monoisotopic (exact) mass is 411 g/mol. The summed E-state index contributed by atoms with van der Waals surface area (Å²) in [5.74, 6) is -0.328. The average Bonchev–Trinajstić information content (AvgIpc) is 3.13. The minimum absolute atomic E-state index is 0.0492. The van der Waals surface area contributed by atoms with Gasteiger partial charge in [-0.3, -0.25) is 9.48 Å². The van der Waals surface area contributed by atoms with Gasteiger partial charge in [-0.15, -0.1) is 0 Å². The van der Waals surface area contributed by atoms with Crippen molar-refractivity contribution in [3.8, 4) is 0 Å². The number of fused-ring (bicyclic) bond motifs is 1. The van der Waals surface area contributed by atoms with Gasteiger partial charge in [0.1, 0.15) is 5.82 Å². The number of carbonyl (C=O) groups is 1. The molecule has 0 saturated carbocycles. The first-order valence-electron chi connectivity index (χ1n) is 9.92. The molecule has 0 saturated heterocycles. The maximum Gasteiger partial charge on any atom is 0.220 e. The van der Waals surface area contributed by atoms with Gasteiger partial charge in [0.05, 0.1) is 18.8 Å². The number of hydrogen-bond acceptors (Lipinski definition) is 2. The van der Waals surface area contributed by atoms with E-state index in [1.807, 2.05) is 35.1 Å². The van der Waals surface area contributed by atoms with Gasteiger partial charge in [-0.25, -0.2) is 4.39 Å². The second-order valence-electron chi connectivity index (χ2n) is 7.40. The van der Waals surface area contributed by atoms with Crippen LogP contribution in [0.2, 0.25) is 5.02 Å². The SMILES string of the molecule is O=C(CCc1ccccc1F)N[C@@H]1CCCc2c1cnn2Cc1ccccc1Cl. The molecule has 1 amide bonds. The van der Waals surface area contributed by atoms with Crippen molar-refractivity contribution >= 4 is 17.5 Å². The third-order valence-electron chi connectivity index (χ3n) is 5.46. The summed E-state index contributed by atoms with van der Waals surface area (Å²) in [4.78, 5) is 12.5. The molecule has 4 nitrogen and oxygen atoms in total. The molecule has 2 aromatic carbocycles. The van der Waals surface area contributed by atoms with Crippen molar-refractivity contribution in [2.24, 2.45) is 0 Å². The van der Waals surface area contributed by atoms with E-state index in [2.05, 4.69) is 10.4 Å². The van der Waals surface area contributed by atoms with Crippen molar-refractivity contribution in [1.29, 1.82) is 0 Å². The molecule has 3 aromatic rings. The lowest BCUT2D eigenvalue weighted by molar-refractivity contribution is -0.121. The topological polar surface area (TPSA) is 46.9 Å². The maximum absolute atomic E-state index is 13.8. The molecule has 1 N–H and O–H groups in total. The van der Waals surface area contributed by atoms with Crippen LogP contribution in [0, 0.1) is 5.82 Å². The molecular weight excluding hydrogens is 389 g/mol. The number of nitrogens with zero attached hydrogens (tertiary/aromatic N) is 2. The third kappa shape index (κ3) is 4.51. The van der Waals surface area contributed by atoms with Gasteiger partial charge < -0.3 is 5.32 Å². The molecule has 0 bridgehead atoms. The fourth-order valence-electron chi connectivity index (χ4n) is 3.91. The van der Waals surface area contributed by atoms with Crippen molar-refractivity contribution in [3.63, 3.8) is 0 Å². The van der Waals surface area contributed by atoms with Gasteiger partial charge in [-0.05, 0) is 48.9 Å². The second kappa shape index (κ2) is 8.78. The Morgan fingerprint density at radius 1 is 1.17 bits per heavy atom. The zero-order valence-electron chi connectivity index (χ0n) is 16.1. The van der Waals surface area contributed by atoms with Gasteiger partial charge in [0.2, 0.25) is 5.91 Å². The van der Waals surface area contributed by atoms with E-state index in [0.717, 1.165) is 41.1 Å². The molecule has 1 heterocycles. The lowest BCUT2D eigenvalue weighted by Gasteiger charge is -2.24. The Morgan fingerprint density at radius 2 is 1.93 bits per heavy atom. The van der Waals surface area contributed by atoms with Crippen LogP contribution in [0.15, 0.2) is 54.7 Å². The number of carbonyl (C=O) groups excluding carboxylic acids is 1. The predicted molar refractivity (Wildman–Crippen MR) is 111 cm³/mol. The zero-order chi connectivity index (χ0) is 20.2. The first kappa shape index (κ1) is 19.6. The van der Waals surface area contributed by atoms with Gasteiger partial charge in [-0.2, -0.15) is 5.10 Å². The van der Waals surface area contributed by atoms with Crippen LogP contribution < -0.4 is 5.32 Å². The quantitative estimate of drug-likeness (QED) is 0.630. The average molecular weight is 412 g/mol. The molecule has 1 aliphatic carbocycles. The first-order chi connectivity index (χ1) is 14.1. The summed E-state index contributed by atoms with van der Waals surface area (Å²) in [5, 5.41) is 8.39. The smallest absolute Gasteiger partial charge is 0.220 e. The van der Waals surface area contributed by atoms with Crippen LogP contribution in [-0.4, -0.2) is 15.7 Å². The van der Waals surface area contributed by atoms with E-state index in [4.69, 9.17) is 11.6 Å². The summed E-state index contributed by atoms with van der Waals surface area (Å²) >= 11 is 6.29. The van der Waals surface area contributed by atoms with E-state index in [-0.39, 0.29) is 24.2 Å². The van der Waals surface area contributed by atoms with Gasteiger partial charge in [0, 0.05) is 22.7 Å². The highest BCUT2D eigenvalue weighted by Gasteiger charge is 2.25. The summed E-state index contributed by atoms with van der Waals surface area (Å²) in [5.41, 5.74) is 3.81. The lowest BCUT2D eigenvalue weighted by atomic mass is 9.92. The number of benzene rings is 2. The number of aromatic nitrogens is 2. The highest BCUT2D eigenvalue weighted by molar-refractivity contribution is 6.31. The highest BCUT2D eigenvalue weighted by atomic mass is 35.5. The van der Waals surface area contributed by atoms with E-state index in [1.165, 1.54) is 6.07 Å². The summed E-state index contributed by atoms with van der Waals surface area (Å²) in [7, 11) is 0. The van der Waals surface area contributed by atoms with Crippen molar-refractivity contribution in [2.45, 2.75) is 44.7 Å². The summed E-state index contributed by atoms with van der Waals surface area (Å²) < 4.78 is 15.7. The van der Waals surface area contributed by atoms with Crippen LogP contribution >= 0.6 is 11.6 Å². The van der Waals surface area contributed by atoms with E-state index >= 15 is 0 Å². The Balaban J connectivity index is 1.42. The van der Waals surface area contributed by atoms with E-state index in [9.17, 15) is 9.18 Å². The largest absolute Gasteiger partial charge is 0.349 e. The highest BCUT2D eigenvalue weighted by Crippen LogP contribution is 2.30. The Morgan fingerprint density at radius 3 is 2.72 bits per heavy atom. The maximum atomic E-state index is 13.8. The van der Waals surface area contributed by atoms with Crippen LogP contribution in [0.4, 0.5) is 4.39 Å². The molecule has 6 heteroatoms. The van der Waals surface area contributed by atoms with Crippen LogP contribution in [0.3, 0.4) is 0 Å². The van der Waals surface area contributed by atoms with E-state index in [1.54, 1.807) is 18.2 Å². The summed E-state index contributed by atoms with van der Waals surface area (Å²) in [6, 6.07) is 14.3. The van der Waals surface area contributed by atoms with Crippen molar-refractivity contribution in [3.05, 3.63) is 88.0 Å². The molecule has 0 spiro atoms. The fraction of sp³-hybridized carbons (Fsp3) is 0.304. The van der Waals surface area contributed by atoms with Crippen LogP contribution in [0.1, 0.15) is 47.7 Å². The molecule has 0 aliphatic heterocycles. The van der Waals surface area contributed by atoms with Gasteiger partial charge in [-0.1, -0.05) is 48.0 Å². The predicted octanol–water partition coefficient (Wildman–Crippen LogP) is 4.85. The van der Waals surface area contributed by atoms with Crippen molar-refractivity contribution in [2.75, 3.05) is 0 Å². The van der Waals surface area contributed by atoms with Crippen LogP contribution in [0.5, 0.6) is 0 Å². The van der Waals surface area contributed by atoms with E-state index in [0.29, 0.717) is 18.5 Å². The second-order valence-corrected chi connectivity index (χ2v) is 7.81. The molecule has 0 unspecified atom stereocenters. The third-order valence-corrected chi connectivity index (χ3v) is 5.82. The van der Waals surface area contributed by atoms with Gasteiger partial charge in [0.25, 0.3) is 0 Å². The molecule has 1 aliphatic rings. The molecule has 0 radical (unpaired) electrons. The number of hydrogen-bond donors (Lipinski definition) is 1. The lowest BCUT2D eigenvalue weighted by Crippen LogP contribution is -2.31. The molecule has 150 valence electrons. The number of amides is 1. The van der Waals surface area contributed by atoms with Gasteiger partial charge in [0.15, 0.2) is 0 Å². The Kier molecular flexibility index (Phi) is 5.95. The minimum atomic E-state index is -0.263. The minimum Gasteiger partial charge on any atom is -0.349 e. The number of rotatable bonds is 6. The number of halogens is 2. The standard InChI is InChI=1S/C23H23ClFN3O/c24-19-8-3-1-7-17(19)15-28-22-11-5-10-21(18(22)14-26-28)27-23(29)13-12-16-6-2-4-9-20(16)25/h1-4,6-9,14,21H,5,10-13,15H2,(H,27,29)/t21-/m1/s1. The summed E-state index contributed by atoms with van der Waals surface area (Å²) in [6.45, 7) is 0.614. The van der Waals surface area contributed by atoms with Crippen LogP contribution in [0.25, 0.3) is 0 Å². The normalized spacial score (nSPS) is 15.7. The molecule has 0 fully saturated rings. The zero-order valence-corrected chi connectivity index (χ0v) is 16.8. The number of aryl methyl sites for hydroxylation is 1. The first-order valence-corrected chi connectivity index (χ1v) is 10.3. The van der Waals surface area contributed by atoms with E-state index < -0.39 is 0 Å². The molecule has 4 rings (SSSR count). The molecular formula is C23H23ClFN3O. The molecule has 1 atom stereocenters. The van der Waals surface area contributed by atoms with Gasteiger partial charge >= 0.3 is 0 Å². The number of nitrogens with one attached hydrogen (secondary N) is 1. The van der Waals surface area contributed by atoms with Crippen LogP contribution in [-0.2, 0) is 24.2 Å². The summed E-state index contributed by atoms with van der Waals surface area (Å²) in [6.07, 6.45) is 5.31. The Labute approximate surface area is 174 Å². The Hall–Kier alpha value is -2.66.